The van der Waals surface area contributed by atoms with Gasteiger partial charge in [0.2, 0.25) is 0 Å². The molecule has 0 fully saturated rings. The van der Waals surface area contributed by atoms with Crippen LogP contribution in [0.5, 0.6) is 0 Å². The topological polar surface area (TPSA) is 58.3 Å². The van der Waals surface area contributed by atoms with Crippen molar-refractivity contribution in [1.82, 2.24) is 5.48 Å². The summed E-state index contributed by atoms with van der Waals surface area (Å²) in [5.41, 5.74) is 7.61. The van der Waals surface area contributed by atoms with Crippen molar-refractivity contribution in [1.29, 1.82) is 0 Å². The first-order chi connectivity index (χ1) is 4.16. The summed E-state index contributed by atoms with van der Waals surface area (Å²) < 4.78 is 0. The van der Waals surface area contributed by atoms with Gasteiger partial charge in [0.05, 0.1) is 0 Å². The molecule has 0 aromatic rings. The van der Waals surface area contributed by atoms with E-state index in [1.54, 1.807) is 0 Å². The predicted octanol–water partition coefficient (Wildman–Crippen LogP) is 0.339. The Morgan fingerprint density at radius 3 is 2.44 bits per heavy atom. The van der Waals surface area contributed by atoms with E-state index in [-0.39, 0.29) is 6.04 Å². The van der Waals surface area contributed by atoms with Gasteiger partial charge in [0, 0.05) is 12.6 Å². The van der Waals surface area contributed by atoms with Gasteiger partial charge in [0.25, 0.3) is 0 Å². The monoisotopic (exact) mass is 132 g/mol. The summed E-state index contributed by atoms with van der Waals surface area (Å²) >= 11 is 0. The number of hydrogen-bond donors (Lipinski definition) is 3. The Morgan fingerprint density at radius 2 is 2.11 bits per heavy atom. The number of hydroxylamine groups is 1. The smallest absolute Gasteiger partial charge is 0.0359 e. The molecule has 56 valence electrons. The number of nitrogens with two attached hydrogens (primary N) is 1. The molecule has 0 aromatic carbocycles. The molecule has 4 N–H and O–H groups in total. The van der Waals surface area contributed by atoms with Crippen LogP contribution in [-0.4, -0.2) is 17.8 Å². The highest BCUT2D eigenvalue weighted by Gasteiger charge is 2.02. The van der Waals surface area contributed by atoms with Crippen LogP contribution in [0.2, 0.25) is 0 Å². The lowest BCUT2D eigenvalue weighted by atomic mass is 10.1. The van der Waals surface area contributed by atoms with Gasteiger partial charge in [-0.15, -0.1) is 0 Å². The van der Waals surface area contributed by atoms with Crippen LogP contribution < -0.4 is 11.2 Å². The van der Waals surface area contributed by atoms with Crippen LogP contribution in [0.25, 0.3) is 0 Å². The van der Waals surface area contributed by atoms with Crippen molar-refractivity contribution in [2.24, 2.45) is 11.7 Å². The first-order valence-electron chi connectivity index (χ1n) is 3.29. The second kappa shape index (κ2) is 4.73. The lowest BCUT2D eigenvalue weighted by Crippen LogP contribution is -2.33. The standard InChI is InChI=1S/C6H16N2O/c1-5(2)3-6(7)4-8-9/h5-6,8-9H,3-4,7H2,1-2H3/t6-/m0/s1. The zero-order valence-corrected chi connectivity index (χ0v) is 6.09. The molecule has 0 aromatic heterocycles. The third-order valence-corrected chi connectivity index (χ3v) is 1.13. The van der Waals surface area contributed by atoms with Gasteiger partial charge in [0.1, 0.15) is 0 Å². The summed E-state index contributed by atoms with van der Waals surface area (Å²) in [5, 5.41) is 8.22. The zero-order valence-electron chi connectivity index (χ0n) is 6.09. The highest BCUT2D eigenvalue weighted by Crippen LogP contribution is 2.00. The van der Waals surface area contributed by atoms with E-state index in [4.69, 9.17) is 10.9 Å². The molecular formula is C6H16N2O. The van der Waals surface area contributed by atoms with E-state index in [9.17, 15) is 0 Å². The molecule has 0 saturated heterocycles. The van der Waals surface area contributed by atoms with Gasteiger partial charge < -0.3 is 10.9 Å². The molecular weight excluding hydrogens is 116 g/mol. The Kier molecular flexibility index (Phi) is 4.67. The van der Waals surface area contributed by atoms with Crippen LogP contribution in [0.4, 0.5) is 0 Å². The Labute approximate surface area is 56.2 Å². The Balaban J connectivity index is 3.15. The van der Waals surface area contributed by atoms with Crippen molar-refractivity contribution < 1.29 is 5.21 Å². The highest BCUT2D eigenvalue weighted by molar-refractivity contribution is 4.63. The second-order valence-corrected chi connectivity index (χ2v) is 2.75. The maximum atomic E-state index is 8.22. The maximum absolute atomic E-state index is 8.22. The minimum absolute atomic E-state index is 0.0787. The van der Waals surface area contributed by atoms with Crippen LogP contribution >= 0.6 is 0 Å². The van der Waals surface area contributed by atoms with Crippen LogP contribution in [0.1, 0.15) is 20.3 Å². The van der Waals surface area contributed by atoms with Gasteiger partial charge in [-0.3, -0.25) is 0 Å². The van der Waals surface area contributed by atoms with Crippen LogP contribution in [0.15, 0.2) is 0 Å². The molecule has 1 atom stereocenters. The summed E-state index contributed by atoms with van der Waals surface area (Å²) in [4.78, 5) is 0. The molecule has 9 heavy (non-hydrogen) atoms. The van der Waals surface area contributed by atoms with Crippen molar-refractivity contribution >= 4 is 0 Å². The lowest BCUT2D eigenvalue weighted by Gasteiger charge is -2.11. The number of rotatable bonds is 4. The van der Waals surface area contributed by atoms with Gasteiger partial charge in [0.15, 0.2) is 0 Å². The molecule has 0 spiro atoms. The van der Waals surface area contributed by atoms with E-state index in [2.05, 4.69) is 13.8 Å². The Bertz CT molecular complexity index is 66.1. The van der Waals surface area contributed by atoms with Crippen molar-refractivity contribution in [3.63, 3.8) is 0 Å². The highest BCUT2D eigenvalue weighted by atomic mass is 16.5. The third kappa shape index (κ3) is 5.76. The van der Waals surface area contributed by atoms with Crippen LogP contribution in [0, 0.1) is 5.92 Å². The van der Waals surface area contributed by atoms with Gasteiger partial charge in [-0.25, -0.2) is 5.48 Å². The van der Waals surface area contributed by atoms with E-state index in [0.717, 1.165) is 6.42 Å². The van der Waals surface area contributed by atoms with Crippen molar-refractivity contribution in [3.8, 4) is 0 Å². The number of hydrogen-bond acceptors (Lipinski definition) is 3. The van der Waals surface area contributed by atoms with Crippen molar-refractivity contribution in [2.75, 3.05) is 6.54 Å². The molecule has 0 aliphatic rings. The van der Waals surface area contributed by atoms with E-state index in [0.29, 0.717) is 12.5 Å². The summed E-state index contributed by atoms with van der Waals surface area (Å²) in [6.45, 7) is 4.70. The first-order valence-corrected chi connectivity index (χ1v) is 3.29. The molecule has 0 unspecified atom stereocenters. The molecule has 0 bridgehead atoms. The minimum atomic E-state index is 0.0787. The Hall–Kier alpha value is -0.120. The molecule has 0 heterocycles. The van der Waals surface area contributed by atoms with Crippen molar-refractivity contribution in [3.05, 3.63) is 0 Å². The van der Waals surface area contributed by atoms with E-state index >= 15 is 0 Å². The average Bonchev–Trinajstić information content (AvgIpc) is 1.63. The maximum Gasteiger partial charge on any atom is 0.0359 e. The molecule has 0 rings (SSSR count). The molecule has 0 amide bonds. The van der Waals surface area contributed by atoms with Gasteiger partial charge in [-0.05, 0) is 12.3 Å². The molecule has 0 radical (unpaired) electrons. The quantitative estimate of drug-likeness (QED) is 0.483. The summed E-state index contributed by atoms with van der Waals surface area (Å²) in [5.74, 6) is 0.605. The summed E-state index contributed by atoms with van der Waals surface area (Å²) in [7, 11) is 0. The van der Waals surface area contributed by atoms with Crippen LogP contribution in [-0.2, 0) is 0 Å². The second-order valence-electron chi connectivity index (χ2n) is 2.75. The summed E-state index contributed by atoms with van der Waals surface area (Å²) in [6, 6.07) is 0.0787. The predicted molar refractivity (Wildman–Crippen MR) is 37.2 cm³/mol. The van der Waals surface area contributed by atoms with Gasteiger partial charge in [-0.1, -0.05) is 13.8 Å². The number of nitrogens with one attached hydrogen (secondary N) is 1. The van der Waals surface area contributed by atoms with Gasteiger partial charge >= 0.3 is 0 Å². The fourth-order valence-corrected chi connectivity index (χ4v) is 0.806. The van der Waals surface area contributed by atoms with Crippen LogP contribution in [0.3, 0.4) is 0 Å². The molecule has 0 aliphatic carbocycles. The summed E-state index contributed by atoms with van der Waals surface area (Å²) in [6.07, 6.45) is 0.952. The molecule has 3 heteroatoms. The van der Waals surface area contributed by atoms with E-state index in [1.807, 2.05) is 5.48 Å². The van der Waals surface area contributed by atoms with E-state index < -0.39 is 0 Å². The fourth-order valence-electron chi connectivity index (χ4n) is 0.806. The normalized spacial score (nSPS) is 14.3. The van der Waals surface area contributed by atoms with Gasteiger partial charge in [-0.2, -0.15) is 0 Å². The molecule has 3 nitrogen and oxygen atoms in total. The largest absolute Gasteiger partial charge is 0.326 e. The molecule has 0 saturated carbocycles. The van der Waals surface area contributed by atoms with E-state index in [1.165, 1.54) is 0 Å². The lowest BCUT2D eigenvalue weighted by molar-refractivity contribution is 0.157. The fraction of sp³-hybridized carbons (Fsp3) is 1.00. The SMILES string of the molecule is CC(C)C[C@H](N)CNO. The average molecular weight is 132 g/mol. The third-order valence-electron chi connectivity index (χ3n) is 1.13. The first kappa shape index (κ1) is 8.88. The molecule has 0 aliphatic heterocycles. The van der Waals surface area contributed by atoms with Crippen molar-refractivity contribution in [2.45, 2.75) is 26.3 Å². The zero-order chi connectivity index (χ0) is 7.28. The Morgan fingerprint density at radius 1 is 1.56 bits per heavy atom. The minimum Gasteiger partial charge on any atom is -0.326 e.